The normalized spacial score (nSPS) is 15.0. The second-order valence-corrected chi connectivity index (χ2v) is 6.12. The van der Waals surface area contributed by atoms with E-state index < -0.39 is 11.7 Å². The zero-order valence-electron chi connectivity index (χ0n) is 13.6. The van der Waals surface area contributed by atoms with Gasteiger partial charge in [0.15, 0.2) is 0 Å². The summed E-state index contributed by atoms with van der Waals surface area (Å²) in [5.74, 6) is 0.0879. The van der Waals surface area contributed by atoms with Gasteiger partial charge in [0.1, 0.15) is 17.2 Å². The molecule has 25 heavy (non-hydrogen) atoms. The number of halogens is 1. The molecule has 6 heteroatoms. The van der Waals surface area contributed by atoms with Crippen LogP contribution in [0.3, 0.4) is 0 Å². The minimum absolute atomic E-state index is 0.362. The highest BCUT2D eigenvalue weighted by molar-refractivity contribution is 5.91. The van der Waals surface area contributed by atoms with E-state index in [0.717, 1.165) is 0 Å². The summed E-state index contributed by atoms with van der Waals surface area (Å²) in [6, 6.07) is 12.9. The molecule has 1 aliphatic heterocycles. The number of nitrogens with zero attached hydrogens (tertiary/aromatic N) is 1. The molecule has 1 amide bonds. The monoisotopic (exact) mass is 338 g/mol. The molecule has 0 bridgehead atoms. The van der Waals surface area contributed by atoms with E-state index in [1.807, 2.05) is 0 Å². The van der Waals surface area contributed by atoms with Gasteiger partial charge >= 0.3 is 6.09 Å². The summed E-state index contributed by atoms with van der Waals surface area (Å²) < 4.78 is 19.2. The number of hydrogen-bond acceptors (Lipinski definition) is 3. The molecule has 2 N–H and O–H groups in total. The summed E-state index contributed by atoms with van der Waals surface area (Å²) >= 11 is 0. The van der Waals surface area contributed by atoms with Crippen molar-refractivity contribution in [2.24, 2.45) is 0 Å². The minimum Gasteiger partial charge on any atom is -0.482 e. The van der Waals surface area contributed by atoms with Crippen LogP contribution < -0.4 is 10.1 Å². The molecule has 5 nitrogen and oxygen atoms in total. The zero-order chi connectivity index (χ0) is 18.2. The zero-order valence-corrected chi connectivity index (χ0v) is 13.6. The Labute approximate surface area is 144 Å². The van der Waals surface area contributed by atoms with Gasteiger partial charge in [0.2, 0.25) is 0 Å². The van der Waals surface area contributed by atoms with E-state index in [0.29, 0.717) is 33.7 Å². The number of ether oxygens (including phenoxy) is 1. The second kappa shape index (κ2) is 5.95. The molecule has 126 valence electrons. The summed E-state index contributed by atoms with van der Waals surface area (Å²) in [7, 11) is 0. The van der Waals surface area contributed by atoms with E-state index in [4.69, 9.17) is 9.84 Å². The molecule has 0 atom stereocenters. The third-order valence-electron chi connectivity index (χ3n) is 3.96. The first-order valence-electron chi connectivity index (χ1n) is 7.56. The summed E-state index contributed by atoms with van der Waals surface area (Å²) in [6.45, 7) is 3.52. The average Bonchev–Trinajstić information content (AvgIpc) is 2.53. The molecular weight excluding hydrogens is 323 g/mol. The van der Waals surface area contributed by atoms with Crippen molar-refractivity contribution in [1.82, 2.24) is 0 Å². The lowest BCUT2D eigenvalue weighted by Gasteiger charge is -2.34. The number of hydrogen-bond donors (Lipinski definition) is 2. The van der Waals surface area contributed by atoms with Gasteiger partial charge in [-0.05, 0) is 43.7 Å². The van der Waals surface area contributed by atoms with Crippen molar-refractivity contribution in [3.05, 3.63) is 65.0 Å². The van der Waals surface area contributed by atoms with Crippen LogP contribution in [0.15, 0.2) is 48.0 Å². The molecule has 0 unspecified atom stereocenters. The average molecular weight is 338 g/mol. The third-order valence-corrected chi connectivity index (χ3v) is 3.96. The molecule has 0 saturated carbocycles. The maximum Gasteiger partial charge on any atom is 0.409 e. The summed E-state index contributed by atoms with van der Waals surface area (Å²) in [4.78, 5) is 10.8. The summed E-state index contributed by atoms with van der Waals surface area (Å²) in [5, 5.41) is 20.8. The van der Waals surface area contributed by atoms with Crippen molar-refractivity contribution >= 4 is 17.4 Å². The fourth-order valence-corrected chi connectivity index (χ4v) is 2.88. The molecule has 2 aromatic rings. The Morgan fingerprint density at radius 1 is 1.24 bits per heavy atom. The Balaban J connectivity index is 2.23. The highest BCUT2D eigenvalue weighted by Gasteiger charge is 2.36. The largest absolute Gasteiger partial charge is 0.482 e. The van der Waals surface area contributed by atoms with E-state index in [9.17, 15) is 14.4 Å². The van der Waals surface area contributed by atoms with Crippen molar-refractivity contribution < 1.29 is 19.0 Å². The fraction of sp³-hybridized carbons (Fsp3) is 0.158. The van der Waals surface area contributed by atoms with Gasteiger partial charge in [-0.2, -0.15) is 5.26 Å². The van der Waals surface area contributed by atoms with Crippen LogP contribution in [-0.2, 0) is 0 Å². The molecule has 2 aromatic carbocycles. The van der Waals surface area contributed by atoms with Gasteiger partial charge in [0, 0.05) is 22.9 Å². The molecule has 0 aromatic heterocycles. The van der Waals surface area contributed by atoms with Gasteiger partial charge in [-0.25, -0.2) is 9.18 Å². The maximum absolute atomic E-state index is 13.3. The number of anilines is 1. The number of fused-ring (bicyclic) bond motifs is 1. The Hall–Kier alpha value is -3.33. The first-order valence-corrected chi connectivity index (χ1v) is 7.56. The smallest absolute Gasteiger partial charge is 0.409 e. The summed E-state index contributed by atoms with van der Waals surface area (Å²) in [6.07, 6.45) is -1.18. The van der Waals surface area contributed by atoms with Crippen molar-refractivity contribution in [2.45, 2.75) is 19.4 Å². The Morgan fingerprint density at radius 2 is 1.92 bits per heavy atom. The third kappa shape index (κ3) is 3.04. The van der Waals surface area contributed by atoms with Crippen LogP contribution in [0, 0.1) is 17.1 Å². The standard InChI is InChI=1S/C19H15FN2O3/c1-19(2)15(10-21)17(11-3-5-12(20)6-4-11)14-8-7-13(22-18(23)24)9-16(14)25-19/h3-9,22H,1-2H3,(H,23,24). The predicted octanol–water partition coefficient (Wildman–Crippen LogP) is 4.41. The number of amides is 1. The molecule has 0 spiro atoms. The van der Waals surface area contributed by atoms with E-state index in [1.54, 1.807) is 44.2 Å². The second-order valence-electron chi connectivity index (χ2n) is 6.12. The number of nitrogens with one attached hydrogen (secondary N) is 1. The number of nitriles is 1. The molecule has 1 aliphatic rings. The highest BCUT2D eigenvalue weighted by atomic mass is 19.1. The van der Waals surface area contributed by atoms with Crippen molar-refractivity contribution in [3.8, 4) is 11.8 Å². The minimum atomic E-state index is -1.18. The van der Waals surface area contributed by atoms with Crippen LogP contribution in [0.2, 0.25) is 0 Å². The SMILES string of the molecule is CC1(C)Oc2cc(NC(=O)O)ccc2C(c2ccc(F)cc2)=C1C#N. The van der Waals surface area contributed by atoms with Crippen LogP contribution in [0.5, 0.6) is 5.75 Å². The van der Waals surface area contributed by atoms with Crippen LogP contribution in [0.1, 0.15) is 25.0 Å². The lowest BCUT2D eigenvalue weighted by atomic mass is 9.83. The molecule has 3 rings (SSSR count). The molecule has 0 aliphatic carbocycles. The van der Waals surface area contributed by atoms with E-state index >= 15 is 0 Å². The van der Waals surface area contributed by atoms with Crippen LogP contribution in [0.4, 0.5) is 14.9 Å². The van der Waals surface area contributed by atoms with E-state index in [2.05, 4.69) is 11.4 Å². The lowest BCUT2D eigenvalue weighted by Crippen LogP contribution is -2.34. The topological polar surface area (TPSA) is 82.3 Å². The number of carboxylic acid groups (broad SMARTS) is 1. The van der Waals surface area contributed by atoms with Gasteiger partial charge in [-0.15, -0.1) is 0 Å². The van der Waals surface area contributed by atoms with Gasteiger partial charge < -0.3 is 9.84 Å². The van der Waals surface area contributed by atoms with E-state index in [-0.39, 0.29) is 5.82 Å². The molecule has 0 radical (unpaired) electrons. The quantitative estimate of drug-likeness (QED) is 0.849. The highest BCUT2D eigenvalue weighted by Crippen LogP contribution is 2.44. The van der Waals surface area contributed by atoms with Crippen LogP contribution in [-0.4, -0.2) is 16.8 Å². The Bertz CT molecular complexity index is 925. The van der Waals surface area contributed by atoms with Gasteiger partial charge in [0.25, 0.3) is 0 Å². The fourth-order valence-electron chi connectivity index (χ4n) is 2.88. The lowest BCUT2D eigenvalue weighted by molar-refractivity contribution is 0.149. The van der Waals surface area contributed by atoms with Crippen LogP contribution in [0.25, 0.3) is 5.57 Å². The first-order chi connectivity index (χ1) is 11.8. The van der Waals surface area contributed by atoms with Crippen molar-refractivity contribution in [2.75, 3.05) is 5.32 Å². The molecule has 1 heterocycles. The molecule has 0 saturated heterocycles. The number of rotatable bonds is 2. The number of benzene rings is 2. The first kappa shape index (κ1) is 16.5. The Kier molecular flexibility index (Phi) is 3.93. The van der Waals surface area contributed by atoms with Crippen LogP contribution >= 0.6 is 0 Å². The summed E-state index contributed by atoms with van der Waals surface area (Å²) in [5.41, 5.74) is 1.86. The Morgan fingerprint density at radius 3 is 2.52 bits per heavy atom. The molecule has 0 fully saturated rings. The molecular formula is C19H15FN2O3. The number of carbonyl (C=O) groups is 1. The van der Waals surface area contributed by atoms with Gasteiger partial charge in [-0.1, -0.05) is 12.1 Å². The maximum atomic E-state index is 13.3. The van der Waals surface area contributed by atoms with Crippen molar-refractivity contribution in [3.63, 3.8) is 0 Å². The van der Waals surface area contributed by atoms with E-state index in [1.165, 1.54) is 12.1 Å². The van der Waals surface area contributed by atoms with Gasteiger partial charge in [-0.3, -0.25) is 5.32 Å². The predicted molar refractivity (Wildman–Crippen MR) is 90.8 cm³/mol. The van der Waals surface area contributed by atoms with Crippen molar-refractivity contribution in [1.29, 1.82) is 5.26 Å². The van der Waals surface area contributed by atoms with Gasteiger partial charge in [0.05, 0.1) is 11.6 Å².